The second-order valence-electron chi connectivity index (χ2n) is 6.70. The van der Waals surface area contributed by atoms with Gasteiger partial charge >= 0.3 is 0 Å². The summed E-state index contributed by atoms with van der Waals surface area (Å²) in [7, 11) is 1.61. The number of rotatable bonds is 5. The lowest BCUT2D eigenvalue weighted by molar-refractivity contribution is -0.0498. The Morgan fingerprint density at radius 3 is 2.44 bits per heavy atom. The highest BCUT2D eigenvalue weighted by Gasteiger charge is 2.35. The Morgan fingerprint density at radius 2 is 1.80 bits per heavy atom. The fourth-order valence-electron chi connectivity index (χ4n) is 3.06. The zero-order valence-corrected chi connectivity index (χ0v) is 14.6. The minimum Gasteiger partial charge on any atom is -0.497 e. The Hall–Kier alpha value is -2.17. The third kappa shape index (κ3) is 4.68. The summed E-state index contributed by atoms with van der Waals surface area (Å²) in [5.74, 6) is -0.941. The van der Waals surface area contributed by atoms with E-state index in [9.17, 15) is 8.78 Å². The second kappa shape index (κ2) is 7.38. The van der Waals surface area contributed by atoms with Gasteiger partial charge in [0.05, 0.1) is 13.7 Å². The van der Waals surface area contributed by atoms with Crippen molar-refractivity contribution in [2.24, 2.45) is 5.92 Å². The van der Waals surface area contributed by atoms with Gasteiger partial charge in [0.2, 0.25) is 5.92 Å². The molecule has 0 bridgehead atoms. The molecular weight excluding hydrogens is 324 g/mol. The van der Waals surface area contributed by atoms with E-state index in [2.05, 4.69) is 4.98 Å². The Kier molecular flexibility index (Phi) is 5.21. The van der Waals surface area contributed by atoms with Crippen molar-refractivity contribution in [1.82, 2.24) is 4.98 Å². The summed E-state index contributed by atoms with van der Waals surface area (Å²) in [5.41, 5.74) is 2.89. The number of aromatic nitrogens is 1. The van der Waals surface area contributed by atoms with Gasteiger partial charge in [0.15, 0.2) is 0 Å². The lowest BCUT2D eigenvalue weighted by atomic mass is 9.87. The van der Waals surface area contributed by atoms with E-state index in [1.165, 1.54) is 0 Å². The van der Waals surface area contributed by atoms with Crippen molar-refractivity contribution in [3.8, 4) is 22.6 Å². The predicted molar refractivity (Wildman–Crippen MR) is 93.4 cm³/mol. The third-order valence-electron chi connectivity index (χ3n) is 4.68. The van der Waals surface area contributed by atoms with Crippen LogP contribution in [0.15, 0.2) is 36.5 Å². The van der Waals surface area contributed by atoms with Crippen LogP contribution in [0.25, 0.3) is 11.1 Å². The highest BCUT2D eigenvalue weighted by Crippen LogP contribution is 2.37. The van der Waals surface area contributed by atoms with Gasteiger partial charge in [0.25, 0.3) is 0 Å². The standard InChI is InChI=1S/C20H23F2NO2/c1-14-3-4-16(12-23-14)17-9-18(24-2)11-19(10-17)25-13-15-5-7-20(21,22)8-6-15/h3-4,9-12,15H,5-8,13H2,1-2H3. The predicted octanol–water partition coefficient (Wildman–Crippen LogP) is 5.27. The van der Waals surface area contributed by atoms with E-state index in [-0.39, 0.29) is 18.8 Å². The van der Waals surface area contributed by atoms with E-state index in [0.717, 1.165) is 16.8 Å². The highest BCUT2D eigenvalue weighted by atomic mass is 19.3. The van der Waals surface area contributed by atoms with Crippen LogP contribution in [0.1, 0.15) is 31.4 Å². The molecule has 3 rings (SSSR count). The highest BCUT2D eigenvalue weighted by molar-refractivity contribution is 5.66. The van der Waals surface area contributed by atoms with E-state index >= 15 is 0 Å². The third-order valence-corrected chi connectivity index (χ3v) is 4.68. The Bertz CT molecular complexity index is 706. The van der Waals surface area contributed by atoms with Crippen molar-refractivity contribution in [3.05, 3.63) is 42.2 Å². The number of ether oxygens (including phenoxy) is 2. The average Bonchev–Trinajstić information content (AvgIpc) is 2.61. The number of methoxy groups -OCH3 is 1. The number of aryl methyl sites for hydroxylation is 1. The van der Waals surface area contributed by atoms with E-state index in [1.807, 2.05) is 43.5 Å². The smallest absolute Gasteiger partial charge is 0.248 e. The maximum absolute atomic E-state index is 13.2. The van der Waals surface area contributed by atoms with Gasteiger partial charge in [-0.2, -0.15) is 0 Å². The number of halogens is 2. The summed E-state index contributed by atoms with van der Waals surface area (Å²) < 4.78 is 37.7. The average molecular weight is 347 g/mol. The number of hydrogen-bond acceptors (Lipinski definition) is 3. The van der Waals surface area contributed by atoms with Gasteiger partial charge in [-0.1, -0.05) is 6.07 Å². The normalized spacial score (nSPS) is 17.3. The molecule has 0 amide bonds. The van der Waals surface area contributed by atoms with Gasteiger partial charge in [0, 0.05) is 36.4 Å². The molecule has 3 nitrogen and oxygen atoms in total. The van der Waals surface area contributed by atoms with Crippen LogP contribution in [0.2, 0.25) is 0 Å². The van der Waals surface area contributed by atoms with Crippen LogP contribution < -0.4 is 9.47 Å². The van der Waals surface area contributed by atoms with Crippen molar-refractivity contribution in [2.75, 3.05) is 13.7 Å². The largest absolute Gasteiger partial charge is 0.497 e. The second-order valence-corrected chi connectivity index (χ2v) is 6.70. The van der Waals surface area contributed by atoms with Crippen LogP contribution in [0.5, 0.6) is 11.5 Å². The number of hydrogen-bond donors (Lipinski definition) is 0. The van der Waals surface area contributed by atoms with Gasteiger partial charge in [-0.3, -0.25) is 4.98 Å². The molecule has 0 spiro atoms. The molecule has 1 aliphatic rings. The lowest BCUT2D eigenvalue weighted by Gasteiger charge is -2.28. The quantitative estimate of drug-likeness (QED) is 0.738. The zero-order valence-electron chi connectivity index (χ0n) is 14.6. The molecule has 25 heavy (non-hydrogen) atoms. The van der Waals surface area contributed by atoms with Crippen molar-refractivity contribution in [1.29, 1.82) is 0 Å². The van der Waals surface area contributed by atoms with Crippen LogP contribution in [0.4, 0.5) is 8.78 Å². The number of alkyl halides is 2. The summed E-state index contributed by atoms with van der Waals surface area (Å²) in [4.78, 5) is 4.32. The molecule has 1 saturated carbocycles. The topological polar surface area (TPSA) is 31.4 Å². The van der Waals surface area contributed by atoms with Gasteiger partial charge in [-0.25, -0.2) is 8.78 Å². The molecule has 134 valence electrons. The molecule has 0 unspecified atom stereocenters. The zero-order chi connectivity index (χ0) is 17.9. The Morgan fingerprint density at radius 1 is 1.08 bits per heavy atom. The fraction of sp³-hybridized carbons (Fsp3) is 0.450. The first kappa shape index (κ1) is 17.6. The van der Waals surface area contributed by atoms with Gasteiger partial charge < -0.3 is 9.47 Å². The molecule has 1 heterocycles. The summed E-state index contributed by atoms with van der Waals surface area (Å²) in [6.07, 6.45) is 2.74. The molecular formula is C20H23F2NO2. The molecule has 0 saturated heterocycles. The van der Waals surface area contributed by atoms with Crippen LogP contribution in [0.3, 0.4) is 0 Å². The summed E-state index contributed by atoms with van der Waals surface area (Å²) >= 11 is 0. The van der Waals surface area contributed by atoms with Gasteiger partial charge in [-0.15, -0.1) is 0 Å². The summed E-state index contributed by atoms with van der Waals surface area (Å²) in [6.45, 7) is 2.40. The minimum atomic E-state index is -2.50. The molecule has 2 aromatic rings. The Balaban J connectivity index is 1.71. The van der Waals surface area contributed by atoms with Crippen LogP contribution >= 0.6 is 0 Å². The summed E-state index contributed by atoms with van der Waals surface area (Å²) in [6, 6.07) is 9.65. The van der Waals surface area contributed by atoms with Crippen LogP contribution in [-0.4, -0.2) is 24.6 Å². The van der Waals surface area contributed by atoms with E-state index in [4.69, 9.17) is 9.47 Å². The van der Waals surface area contributed by atoms with Crippen molar-refractivity contribution in [2.45, 2.75) is 38.5 Å². The molecule has 1 aromatic carbocycles. The molecule has 0 radical (unpaired) electrons. The van der Waals surface area contributed by atoms with Crippen LogP contribution in [-0.2, 0) is 0 Å². The molecule has 5 heteroatoms. The van der Waals surface area contributed by atoms with E-state index < -0.39 is 5.92 Å². The molecule has 1 aliphatic carbocycles. The maximum atomic E-state index is 13.2. The first-order valence-electron chi connectivity index (χ1n) is 8.58. The Labute approximate surface area is 147 Å². The van der Waals surface area contributed by atoms with Crippen molar-refractivity contribution >= 4 is 0 Å². The van der Waals surface area contributed by atoms with Gasteiger partial charge in [0.1, 0.15) is 11.5 Å². The van der Waals surface area contributed by atoms with Crippen molar-refractivity contribution < 1.29 is 18.3 Å². The molecule has 0 N–H and O–H groups in total. The van der Waals surface area contributed by atoms with Crippen molar-refractivity contribution in [3.63, 3.8) is 0 Å². The van der Waals surface area contributed by atoms with Gasteiger partial charge in [-0.05, 0) is 49.4 Å². The van der Waals surface area contributed by atoms with E-state index in [1.54, 1.807) is 7.11 Å². The minimum absolute atomic E-state index is 0.0422. The monoisotopic (exact) mass is 347 g/mol. The molecule has 1 fully saturated rings. The fourth-order valence-corrected chi connectivity index (χ4v) is 3.06. The number of benzene rings is 1. The first-order chi connectivity index (χ1) is 11.9. The van der Waals surface area contributed by atoms with E-state index in [0.29, 0.717) is 30.9 Å². The molecule has 1 aromatic heterocycles. The molecule has 0 aliphatic heterocycles. The lowest BCUT2D eigenvalue weighted by Crippen LogP contribution is -2.27. The SMILES string of the molecule is COc1cc(OCC2CCC(F)(F)CC2)cc(-c2ccc(C)nc2)c1. The maximum Gasteiger partial charge on any atom is 0.248 e. The number of nitrogens with zero attached hydrogens (tertiary/aromatic N) is 1. The number of pyridine rings is 1. The van der Waals surface area contributed by atoms with Crippen LogP contribution in [0, 0.1) is 12.8 Å². The molecule has 0 atom stereocenters. The first-order valence-corrected chi connectivity index (χ1v) is 8.58. The summed E-state index contributed by atoms with van der Waals surface area (Å²) in [5, 5.41) is 0.